The molecule has 94 valence electrons. The van der Waals surface area contributed by atoms with Gasteiger partial charge in [0.2, 0.25) is 0 Å². The summed E-state index contributed by atoms with van der Waals surface area (Å²) in [6.07, 6.45) is 1.91. The standard InChI is InChI=1S/C12H16BrNO3/c1-17-10-6-4-5-9(11(10)15)12(16)14-8-3-2-7-13/h4-6,15H,2-3,7-8H2,1H3,(H,14,16). The summed E-state index contributed by atoms with van der Waals surface area (Å²) >= 11 is 3.32. The Hall–Kier alpha value is -1.23. The zero-order chi connectivity index (χ0) is 12.7. The van der Waals surface area contributed by atoms with Crippen LogP contribution in [0.25, 0.3) is 0 Å². The van der Waals surface area contributed by atoms with E-state index in [0.29, 0.717) is 12.3 Å². The molecule has 0 radical (unpaired) electrons. The molecule has 0 saturated heterocycles. The minimum atomic E-state index is -0.282. The van der Waals surface area contributed by atoms with E-state index in [1.165, 1.54) is 7.11 Å². The Labute approximate surface area is 109 Å². The maximum Gasteiger partial charge on any atom is 0.255 e. The number of hydrogen-bond donors (Lipinski definition) is 2. The molecule has 1 amide bonds. The van der Waals surface area contributed by atoms with Crippen molar-refractivity contribution in [3.63, 3.8) is 0 Å². The average Bonchev–Trinajstić information content (AvgIpc) is 2.34. The van der Waals surface area contributed by atoms with Gasteiger partial charge in [-0.05, 0) is 25.0 Å². The van der Waals surface area contributed by atoms with E-state index in [2.05, 4.69) is 21.2 Å². The van der Waals surface area contributed by atoms with E-state index in [4.69, 9.17) is 4.74 Å². The van der Waals surface area contributed by atoms with Crippen molar-refractivity contribution < 1.29 is 14.6 Å². The molecule has 17 heavy (non-hydrogen) atoms. The first-order valence-electron chi connectivity index (χ1n) is 5.40. The van der Waals surface area contributed by atoms with Gasteiger partial charge in [0.15, 0.2) is 11.5 Å². The lowest BCUT2D eigenvalue weighted by molar-refractivity contribution is 0.0950. The molecule has 0 spiro atoms. The van der Waals surface area contributed by atoms with E-state index < -0.39 is 0 Å². The number of aromatic hydroxyl groups is 1. The number of methoxy groups -OCH3 is 1. The Morgan fingerprint density at radius 1 is 1.47 bits per heavy atom. The minimum absolute atomic E-state index is 0.118. The highest BCUT2D eigenvalue weighted by atomic mass is 79.9. The Balaban J connectivity index is 2.62. The van der Waals surface area contributed by atoms with Crippen LogP contribution in [0, 0.1) is 0 Å². The van der Waals surface area contributed by atoms with Gasteiger partial charge >= 0.3 is 0 Å². The average molecular weight is 302 g/mol. The van der Waals surface area contributed by atoms with Crippen molar-refractivity contribution in [2.45, 2.75) is 12.8 Å². The molecule has 0 aliphatic heterocycles. The zero-order valence-corrected chi connectivity index (χ0v) is 11.3. The van der Waals surface area contributed by atoms with Crippen molar-refractivity contribution in [1.82, 2.24) is 5.32 Å². The highest BCUT2D eigenvalue weighted by molar-refractivity contribution is 9.09. The molecule has 5 heteroatoms. The van der Waals surface area contributed by atoms with E-state index in [1.54, 1.807) is 18.2 Å². The molecular weight excluding hydrogens is 286 g/mol. The van der Waals surface area contributed by atoms with Crippen LogP contribution in [0.4, 0.5) is 0 Å². The second kappa shape index (κ2) is 7.17. The molecule has 4 nitrogen and oxygen atoms in total. The molecule has 0 aliphatic carbocycles. The van der Waals surface area contributed by atoms with Crippen LogP contribution in [0.2, 0.25) is 0 Å². The second-order valence-electron chi connectivity index (χ2n) is 3.51. The number of benzene rings is 1. The second-order valence-corrected chi connectivity index (χ2v) is 4.30. The first kappa shape index (κ1) is 13.8. The third-order valence-corrected chi connectivity index (χ3v) is 2.87. The van der Waals surface area contributed by atoms with Gasteiger partial charge in [0.25, 0.3) is 5.91 Å². The fourth-order valence-corrected chi connectivity index (χ4v) is 1.78. The fourth-order valence-electron chi connectivity index (χ4n) is 1.39. The van der Waals surface area contributed by atoms with Crippen LogP contribution in [0.3, 0.4) is 0 Å². The number of phenolic OH excluding ortho intramolecular Hbond substituents is 1. The summed E-state index contributed by atoms with van der Waals surface area (Å²) in [4.78, 5) is 11.8. The monoisotopic (exact) mass is 301 g/mol. The van der Waals surface area contributed by atoms with Gasteiger partial charge in [-0.2, -0.15) is 0 Å². The summed E-state index contributed by atoms with van der Waals surface area (Å²) in [6, 6.07) is 4.85. The summed E-state index contributed by atoms with van der Waals surface area (Å²) in [6.45, 7) is 0.598. The number of hydrogen-bond acceptors (Lipinski definition) is 3. The Kier molecular flexibility index (Phi) is 5.83. The summed E-state index contributed by atoms with van der Waals surface area (Å²) in [5.41, 5.74) is 0.239. The highest BCUT2D eigenvalue weighted by Crippen LogP contribution is 2.29. The maximum atomic E-state index is 11.8. The van der Waals surface area contributed by atoms with Gasteiger partial charge in [-0.3, -0.25) is 4.79 Å². The summed E-state index contributed by atoms with van der Waals surface area (Å²) < 4.78 is 4.94. The topological polar surface area (TPSA) is 58.6 Å². The number of carbonyl (C=O) groups excluding carboxylic acids is 1. The number of rotatable bonds is 6. The van der Waals surface area contributed by atoms with Crippen LogP contribution in [-0.4, -0.2) is 30.0 Å². The number of para-hydroxylation sites is 1. The summed E-state index contributed by atoms with van der Waals surface area (Å²) in [7, 11) is 1.45. The molecule has 0 heterocycles. The van der Waals surface area contributed by atoms with Crippen molar-refractivity contribution in [3.8, 4) is 11.5 Å². The fraction of sp³-hybridized carbons (Fsp3) is 0.417. The van der Waals surface area contributed by atoms with Crippen molar-refractivity contribution in [1.29, 1.82) is 0 Å². The molecular formula is C12H16BrNO3. The first-order valence-corrected chi connectivity index (χ1v) is 6.53. The molecule has 0 fully saturated rings. The van der Waals surface area contributed by atoms with E-state index in [0.717, 1.165) is 18.2 Å². The van der Waals surface area contributed by atoms with Gasteiger partial charge in [0.1, 0.15) is 0 Å². The number of nitrogens with one attached hydrogen (secondary N) is 1. The van der Waals surface area contributed by atoms with Crippen molar-refractivity contribution in [3.05, 3.63) is 23.8 Å². The van der Waals surface area contributed by atoms with Crippen LogP contribution in [0.5, 0.6) is 11.5 Å². The third kappa shape index (κ3) is 3.93. The number of amides is 1. The van der Waals surface area contributed by atoms with E-state index in [9.17, 15) is 9.90 Å². The lowest BCUT2D eigenvalue weighted by Gasteiger charge is -2.09. The number of alkyl halides is 1. The third-order valence-electron chi connectivity index (χ3n) is 2.31. The van der Waals surface area contributed by atoms with Crippen molar-refractivity contribution in [2.24, 2.45) is 0 Å². The number of unbranched alkanes of at least 4 members (excludes halogenated alkanes) is 1. The smallest absolute Gasteiger partial charge is 0.255 e. The maximum absolute atomic E-state index is 11.8. The summed E-state index contributed by atoms with van der Waals surface area (Å²) in [5.74, 6) is -0.0953. The molecule has 1 aromatic carbocycles. The molecule has 0 bridgehead atoms. The van der Waals surface area contributed by atoms with Gasteiger partial charge in [-0.25, -0.2) is 0 Å². The normalized spacial score (nSPS) is 10.0. The molecule has 0 aliphatic rings. The summed E-state index contributed by atoms with van der Waals surface area (Å²) in [5, 5.41) is 13.4. The Bertz CT molecular complexity index is 382. The van der Waals surface area contributed by atoms with Crippen LogP contribution >= 0.6 is 15.9 Å². The Morgan fingerprint density at radius 2 is 2.24 bits per heavy atom. The van der Waals surface area contributed by atoms with Crippen LogP contribution < -0.4 is 10.1 Å². The van der Waals surface area contributed by atoms with Crippen LogP contribution in [-0.2, 0) is 0 Å². The number of halogens is 1. The van der Waals surface area contributed by atoms with Crippen molar-refractivity contribution >= 4 is 21.8 Å². The van der Waals surface area contributed by atoms with Gasteiger partial charge in [0, 0.05) is 11.9 Å². The number of phenols is 1. The minimum Gasteiger partial charge on any atom is -0.504 e. The van der Waals surface area contributed by atoms with E-state index >= 15 is 0 Å². The first-order chi connectivity index (χ1) is 8.20. The van der Waals surface area contributed by atoms with Gasteiger partial charge in [-0.1, -0.05) is 22.0 Å². The van der Waals surface area contributed by atoms with E-state index in [-0.39, 0.29) is 17.2 Å². The molecule has 2 N–H and O–H groups in total. The van der Waals surface area contributed by atoms with Gasteiger partial charge in [-0.15, -0.1) is 0 Å². The number of ether oxygens (including phenoxy) is 1. The van der Waals surface area contributed by atoms with Gasteiger partial charge < -0.3 is 15.2 Å². The SMILES string of the molecule is COc1cccc(C(=O)NCCCCBr)c1O. The Morgan fingerprint density at radius 3 is 2.88 bits per heavy atom. The number of carbonyl (C=O) groups is 1. The molecule has 1 aromatic rings. The molecule has 0 atom stereocenters. The quantitative estimate of drug-likeness (QED) is 0.626. The molecule has 1 rings (SSSR count). The van der Waals surface area contributed by atoms with Crippen LogP contribution in [0.15, 0.2) is 18.2 Å². The van der Waals surface area contributed by atoms with E-state index in [1.807, 2.05) is 0 Å². The van der Waals surface area contributed by atoms with Crippen LogP contribution in [0.1, 0.15) is 23.2 Å². The molecule has 0 unspecified atom stereocenters. The lowest BCUT2D eigenvalue weighted by Crippen LogP contribution is -2.24. The highest BCUT2D eigenvalue weighted by Gasteiger charge is 2.13. The molecule has 0 aromatic heterocycles. The lowest BCUT2D eigenvalue weighted by atomic mass is 10.1. The largest absolute Gasteiger partial charge is 0.504 e. The predicted octanol–water partition coefficient (Wildman–Crippen LogP) is 2.31. The van der Waals surface area contributed by atoms with Gasteiger partial charge in [0.05, 0.1) is 12.7 Å². The zero-order valence-electron chi connectivity index (χ0n) is 9.70. The van der Waals surface area contributed by atoms with Crippen molar-refractivity contribution in [2.75, 3.05) is 19.0 Å². The predicted molar refractivity (Wildman–Crippen MR) is 70.0 cm³/mol. The molecule has 0 saturated carbocycles.